The molecule has 0 saturated carbocycles. The highest BCUT2D eigenvalue weighted by molar-refractivity contribution is 6.30. The normalized spacial score (nSPS) is 19.9. The van der Waals surface area contributed by atoms with Crippen LogP contribution in [0.15, 0.2) is 36.4 Å². The van der Waals surface area contributed by atoms with Crippen LogP contribution in [0.4, 0.5) is 19.0 Å². The van der Waals surface area contributed by atoms with E-state index in [0.29, 0.717) is 42.2 Å². The van der Waals surface area contributed by atoms with E-state index in [1.165, 1.54) is 23.1 Å². The first-order valence-corrected chi connectivity index (χ1v) is 14.7. The van der Waals surface area contributed by atoms with Crippen molar-refractivity contribution in [2.45, 2.75) is 63.5 Å². The van der Waals surface area contributed by atoms with Crippen molar-refractivity contribution in [2.75, 3.05) is 45.2 Å². The van der Waals surface area contributed by atoms with Gasteiger partial charge in [-0.15, -0.1) is 0 Å². The van der Waals surface area contributed by atoms with Crippen molar-refractivity contribution in [3.63, 3.8) is 0 Å². The third-order valence-electron chi connectivity index (χ3n) is 8.61. The second-order valence-electron chi connectivity index (χ2n) is 11.6. The van der Waals surface area contributed by atoms with Gasteiger partial charge in [0.2, 0.25) is 0 Å². The van der Waals surface area contributed by atoms with Crippen LogP contribution in [0.25, 0.3) is 0 Å². The van der Waals surface area contributed by atoms with Crippen molar-refractivity contribution in [1.82, 2.24) is 14.8 Å². The highest BCUT2D eigenvalue weighted by atomic mass is 35.5. The highest BCUT2D eigenvalue weighted by Crippen LogP contribution is 2.42. The number of alkyl halides is 3. The standard InChI is InChI=1S/C30H40ClF3N4O3/c1-4-20-6-5-7-23(19-20)29(41,30(32,33)34)28(40)38-16-12-22(13-17-38)18-21-10-14-37(15-11-21)25-9-8-24(26(31)35-25)27(39)36(2)3/h5-9,19,21-22,27,39,41H,4,10-18H2,1-3H3. The van der Waals surface area contributed by atoms with Crippen LogP contribution in [-0.4, -0.2) is 77.4 Å². The Balaban J connectivity index is 1.31. The van der Waals surface area contributed by atoms with Crippen molar-refractivity contribution in [3.05, 3.63) is 58.2 Å². The van der Waals surface area contributed by atoms with Crippen molar-refractivity contribution in [3.8, 4) is 0 Å². The number of nitrogens with zero attached hydrogens (tertiary/aromatic N) is 4. The summed E-state index contributed by atoms with van der Waals surface area (Å²) in [4.78, 5) is 22.7. The number of likely N-dealkylation sites (tertiary alicyclic amines) is 1. The fraction of sp³-hybridized carbons (Fsp3) is 0.600. The number of rotatable bonds is 8. The predicted octanol–water partition coefficient (Wildman–Crippen LogP) is 5.15. The largest absolute Gasteiger partial charge is 0.430 e. The number of carbonyl (C=O) groups excluding carboxylic acids is 1. The highest BCUT2D eigenvalue weighted by Gasteiger charge is 2.62. The molecule has 2 unspecified atom stereocenters. The van der Waals surface area contributed by atoms with Crippen molar-refractivity contribution >= 4 is 23.3 Å². The van der Waals surface area contributed by atoms with E-state index in [0.717, 1.165) is 38.2 Å². The van der Waals surface area contributed by atoms with Gasteiger partial charge in [0.15, 0.2) is 0 Å². The first-order valence-electron chi connectivity index (χ1n) is 14.3. The molecule has 0 spiro atoms. The summed E-state index contributed by atoms with van der Waals surface area (Å²) in [6.45, 7) is 3.83. The van der Waals surface area contributed by atoms with Crippen molar-refractivity contribution < 1.29 is 28.2 Å². The lowest BCUT2D eigenvalue weighted by molar-refractivity contribution is -0.262. The quantitative estimate of drug-likeness (QED) is 0.324. The summed E-state index contributed by atoms with van der Waals surface area (Å²) in [5.41, 5.74) is -2.80. The fourth-order valence-corrected chi connectivity index (χ4v) is 6.22. The number of aromatic nitrogens is 1. The summed E-state index contributed by atoms with van der Waals surface area (Å²) in [5, 5.41) is 21.4. The summed E-state index contributed by atoms with van der Waals surface area (Å²) >= 11 is 6.35. The molecule has 41 heavy (non-hydrogen) atoms. The second-order valence-corrected chi connectivity index (χ2v) is 11.9. The summed E-state index contributed by atoms with van der Waals surface area (Å²) in [5.74, 6) is 0.280. The molecule has 4 rings (SSSR count). The molecule has 0 aliphatic carbocycles. The third kappa shape index (κ3) is 6.82. The Bertz CT molecular complexity index is 1200. The molecule has 226 valence electrons. The van der Waals surface area contributed by atoms with Gasteiger partial charge in [0.25, 0.3) is 11.5 Å². The summed E-state index contributed by atoms with van der Waals surface area (Å²) in [6.07, 6.45) is -1.36. The molecule has 7 nitrogen and oxygen atoms in total. The van der Waals surface area contributed by atoms with Gasteiger partial charge in [-0.3, -0.25) is 9.69 Å². The van der Waals surface area contributed by atoms with Gasteiger partial charge >= 0.3 is 6.18 Å². The lowest BCUT2D eigenvalue weighted by Gasteiger charge is -2.40. The number of hydrogen-bond donors (Lipinski definition) is 2. The molecule has 2 fully saturated rings. The molecule has 2 aromatic rings. The molecule has 0 radical (unpaired) electrons. The van der Waals surface area contributed by atoms with E-state index >= 15 is 0 Å². The zero-order chi connectivity index (χ0) is 29.9. The van der Waals surface area contributed by atoms with Gasteiger partial charge in [0.05, 0.1) is 0 Å². The lowest BCUT2D eigenvalue weighted by atomic mass is 9.82. The average molecular weight is 597 g/mol. The Morgan fingerprint density at radius 3 is 2.22 bits per heavy atom. The van der Waals surface area contributed by atoms with Crippen LogP contribution in [0, 0.1) is 11.8 Å². The van der Waals surface area contributed by atoms with E-state index in [2.05, 4.69) is 9.88 Å². The number of aliphatic hydroxyl groups is 2. The number of benzene rings is 1. The topological polar surface area (TPSA) is 80.1 Å². The molecule has 1 aromatic carbocycles. The Hall–Kier alpha value is -2.40. The second kappa shape index (κ2) is 12.9. The Morgan fingerprint density at radius 2 is 1.68 bits per heavy atom. The number of aliphatic hydroxyl groups excluding tert-OH is 1. The van der Waals surface area contributed by atoms with E-state index in [4.69, 9.17) is 11.6 Å². The van der Waals surface area contributed by atoms with Crippen LogP contribution >= 0.6 is 11.6 Å². The Morgan fingerprint density at radius 1 is 1.07 bits per heavy atom. The van der Waals surface area contributed by atoms with Gasteiger partial charge in [0.1, 0.15) is 17.2 Å². The Kier molecular flexibility index (Phi) is 9.89. The molecule has 2 aliphatic heterocycles. The maximum Gasteiger partial charge on any atom is 0.430 e. The van der Waals surface area contributed by atoms with E-state index in [1.807, 2.05) is 13.0 Å². The predicted molar refractivity (Wildman–Crippen MR) is 153 cm³/mol. The molecule has 11 heteroatoms. The van der Waals surface area contributed by atoms with Crippen LogP contribution in [0.3, 0.4) is 0 Å². The van der Waals surface area contributed by atoms with Gasteiger partial charge in [-0.2, -0.15) is 13.2 Å². The monoisotopic (exact) mass is 596 g/mol. The number of halogens is 4. The van der Waals surface area contributed by atoms with E-state index in [9.17, 15) is 28.2 Å². The fourth-order valence-electron chi connectivity index (χ4n) is 5.98. The molecule has 0 bridgehead atoms. The number of pyridine rings is 1. The van der Waals surface area contributed by atoms with E-state index in [1.54, 1.807) is 31.1 Å². The minimum Gasteiger partial charge on any atom is -0.374 e. The summed E-state index contributed by atoms with van der Waals surface area (Å²) in [6, 6.07) is 9.26. The minimum absolute atomic E-state index is 0.196. The van der Waals surface area contributed by atoms with Crippen LogP contribution in [0.1, 0.15) is 61.9 Å². The zero-order valence-corrected chi connectivity index (χ0v) is 24.6. The molecule has 1 amide bonds. The van der Waals surface area contributed by atoms with Crippen molar-refractivity contribution in [2.24, 2.45) is 11.8 Å². The minimum atomic E-state index is -5.13. The first-order chi connectivity index (χ1) is 19.3. The van der Waals surface area contributed by atoms with Crippen LogP contribution in [0.5, 0.6) is 0 Å². The van der Waals surface area contributed by atoms with E-state index in [-0.39, 0.29) is 18.2 Å². The molecule has 3 heterocycles. The van der Waals surface area contributed by atoms with Gasteiger partial charge < -0.3 is 20.0 Å². The van der Waals surface area contributed by atoms with E-state index < -0.39 is 29.5 Å². The summed E-state index contributed by atoms with van der Waals surface area (Å²) in [7, 11) is 3.52. The number of piperidine rings is 2. The zero-order valence-electron chi connectivity index (χ0n) is 23.9. The molecule has 1 aromatic heterocycles. The van der Waals surface area contributed by atoms with Gasteiger partial charge in [-0.25, -0.2) is 4.98 Å². The third-order valence-corrected chi connectivity index (χ3v) is 8.91. The average Bonchev–Trinajstić information content (AvgIpc) is 2.96. The molecule has 2 saturated heterocycles. The van der Waals surface area contributed by atoms with Crippen molar-refractivity contribution in [1.29, 1.82) is 0 Å². The van der Waals surface area contributed by atoms with Crippen LogP contribution in [0.2, 0.25) is 5.15 Å². The maximum atomic E-state index is 14.2. The lowest BCUT2D eigenvalue weighted by Crippen LogP contribution is -2.57. The van der Waals surface area contributed by atoms with Gasteiger partial charge in [-0.1, -0.05) is 42.8 Å². The number of anilines is 1. The molecule has 2 aliphatic rings. The molecular weight excluding hydrogens is 557 g/mol. The number of hydrogen-bond acceptors (Lipinski definition) is 6. The first kappa shape index (κ1) is 31.5. The Labute approximate surface area is 244 Å². The maximum absolute atomic E-state index is 14.2. The SMILES string of the molecule is CCc1cccc(C(O)(C(=O)N2CCC(CC3CCN(c4ccc(C(O)N(C)C)c(Cl)n4)CC3)CC2)C(F)(F)F)c1. The van der Waals surface area contributed by atoms with Gasteiger partial charge in [0, 0.05) is 37.3 Å². The number of carbonyl (C=O) groups is 1. The van der Waals surface area contributed by atoms with Gasteiger partial charge in [-0.05, 0) is 82.2 Å². The number of amides is 1. The van der Waals surface area contributed by atoms with Crippen LogP contribution < -0.4 is 4.90 Å². The number of aryl methyl sites for hydroxylation is 1. The smallest absolute Gasteiger partial charge is 0.374 e. The molecular formula is C30H40ClF3N4O3. The summed E-state index contributed by atoms with van der Waals surface area (Å²) < 4.78 is 42.5. The van der Waals surface area contributed by atoms with Crippen LogP contribution in [-0.2, 0) is 16.8 Å². The molecule has 2 atom stereocenters. The molecule has 2 N–H and O–H groups in total.